The van der Waals surface area contributed by atoms with Gasteiger partial charge in [0.25, 0.3) is 6.01 Å². The number of thiazole rings is 1. The molecule has 2 aromatic heterocycles. The van der Waals surface area contributed by atoms with Crippen LogP contribution in [0.4, 0.5) is 19.2 Å². The van der Waals surface area contributed by atoms with Gasteiger partial charge in [-0.25, -0.2) is 4.98 Å². The predicted octanol–water partition coefficient (Wildman–Crippen LogP) is 3.50. The summed E-state index contributed by atoms with van der Waals surface area (Å²) in [5.41, 5.74) is 1.08. The number of aliphatic hydroxyl groups excluding tert-OH is 1. The average Bonchev–Trinajstić information content (AvgIpc) is 3.46. The number of nitrogens with one attached hydrogen (secondary N) is 1. The topological polar surface area (TPSA) is 83.7 Å². The molecular weight excluding hydrogens is 433 g/mol. The molecule has 2 bridgehead atoms. The zero-order chi connectivity index (χ0) is 21.6. The molecule has 3 unspecified atom stereocenters. The van der Waals surface area contributed by atoms with Gasteiger partial charge in [0.15, 0.2) is 11.7 Å². The first kappa shape index (κ1) is 20.7. The number of fused-ring (bicyclic) bond motifs is 3. The van der Waals surface area contributed by atoms with Crippen LogP contribution in [0.15, 0.2) is 28.1 Å². The predicted molar refractivity (Wildman–Crippen MR) is 109 cm³/mol. The highest BCUT2D eigenvalue weighted by molar-refractivity contribution is 7.13. The smallest absolute Gasteiger partial charge is 0.418 e. The van der Waals surface area contributed by atoms with Crippen LogP contribution in [0.1, 0.15) is 24.5 Å². The highest BCUT2D eigenvalue weighted by Crippen LogP contribution is 2.41. The molecule has 166 valence electrons. The van der Waals surface area contributed by atoms with Gasteiger partial charge in [-0.15, -0.1) is 11.3 Å². The molecule has 0 saturated carbocycles. The van der Waals surface area contributed by atoms with Crippen LogP contribution in [-0.2, 0) is 4.74 Å². The first-order chi connectivity index (χ1) is 14.9. The van der Waals surface area contributed by atoms with Gasteiger partial charge >= 0.3 is 6.18 Å². The van der Waals surface area contributed by atoms with E-state index in [1.807, 2.05) is 4.90 Å². The molecule has 1 aromatic carbocycles. The molecule has 2 N–H and O–H groups in total. The van der Waals surface area contributed by atoms with Crippen LogP contribution in [0.2, 0.25) is 0 Å². The summed E-state index contributed by atoms with van der Waals surface area (Å²) < 4.78 is 52.2. The number of anilines is 1. The second kappa shape index (κ2) is 8.05. The highest BCUT2D eigenvalue weighted by atomic mass is 32.1. The Kier molecular flexibility index (Phi) is 5.37. The summed E-state index contributed by atoms with van der Waals surface area (Å²) >= 11 is 1.31. The standard InChI is InChI=1S/C20H21F3N4O3S/c21-20(22,23)17(29-5-4-28)11-7-14(18-24-3-6-31-18)16-15(8-11)26-19(30-16)27-9-12-1-2-13(10-27)25-12/h3,6-8,12-13,17,25,28H,1-2,4-5,9-10H2. The number of aliphatic hydroxyl groups is 1. The second-order valence-corrected chi connectivity index (χ2v) is 8.70. The molecule has 3 atom stereocenters. The number of piperazine rings is 1. The Morgan fingerprint density at radius 2 is 2.06 bits per heavy atom. The number of rotatable bonds is 6. The molecular formula is C20H21F3N4O3S. The van der Waals surface area contributed by atoms with E-state index in [-0.39, 0.29) is 5.56 Å². The largest absolute Gasteiger partial charge is 0.423 e. The summed E-state index contributed by atoms with van der Waals surface area (Å²) in [6.07, 6.45) is -3.06. The Bertz CT molecular complexity index is 1040. The quantitative estimate of drug-likeness (QED) is 0.590. The summed E-state index contributed by atoms with van der Waals surface area (Å²) in [6, 6.07) is 3.88. The van der Waals surface area contributed by atoms with Gasteiger partial charge in [-0.3, -0.25) is 0 Å². The maximum atomic E-state index is 13.7. The third-order valence-corrected chi connectivity index (χ3v) is 6.43. The van der Waals surface area contributed by atoms with Gasteiger partial charge in [0, 0.05) is 36.8 Å². The molecule has 0 aliphatic carbocycles. The summed E-state index contributed by atoms with van der Waals surface area (Å²) in [5.74, 6) is 0. The van der Waals surface area contributed by atoms with Crippen LogP contribution < -0.4 is 10.2 Å². The van der Waals surface area contributed by atoms with Crippen molar-refractivity contribution in [3.8, 4) is 10.6 Å². The van der Waals surface area contributed by atoms with Gasteiger partial charge in [-0.2, -0.15) is 18.2 Å². The minimum Gasteiger partial charge on any atom is -0.423 e. The summed E-state index contributed by atoms with van der Waals surface area (Å²) in [4.78, 5) is 10.9. The van der Waals surface area contributed by atoms with E-state index in [4.69, 9.17) is 14.3 Å². The van der Waals surface area contributed by atoms with Crippen LogP contribution in [0, 0.1) is 0 Å². The van der Waals surface area contributed by atoms with Crippen LogP contribution >= 0.6 is 11.3 Å². The van der Waals surface area contributed by atoms with Crippen LogP contribution in [0.3, 0.4) is 0 Å². The number of ether oxygens (including phenoxy) is 1. The first-order valence-corrected chi connectivity index (χ1v) is 10.9. The number of nitrogens with zero attached hydrogens (tertiary/aromatic N) is 3. The highest BCUT2D eigenvalue weighted by Gasteiger charge is 2.42. The Labute approximate surface area is 179 Å². The number of halogens is 3. The normalized spacial score (nSPS) is 22.4. The van der Waals surface area contributed by atoms with Gasteiger partial charge in [0.2, 0.25) is 0 Å². The molecule has 2 aliphatic heterocycles. The molecule has 0 amide bonds. The third-order valence-electron chi connectivity index (χ3n) is 5.63. The van der Waals surface area contributed by atoms with Gasteiger partial charge in [-0.05, 0) is 30.5 Å². The molecule has 3 aromatic rings. The Balaban J connectivity index is 1.60. The van der Waals surface area contributed by atoms with Crippen molar-refractivity contribution in [2.24, 2.45) is 0 Å². The van der Waals surface area contributed by atoms with E-state index in [1.54, 1.807) is 11.6 Å². The molecule has 2 fully saturated rings. The molecule has 7 nitrogen and oxygen atoms in total. The van der Waals surface area contributed by atoms with E-state index >= 15 is 0 Å². The van der Waals surface area contributed by atoms with Crippen LogP contribution in [0.25, 0.3) is 21.7 Å². The lowest BCUT2D eigenvalue weighted by Crippen LogP contribution is -2.51. The van der Waals surface area contributed by atoms with Crippen molar-refractivity contribution in [1.29, 1.82) is 0 Å². The molecule has 0 spiro atoms. The van der Waals surface area contributed by atoms with E-state index in [1.165, 1.54) is 23.5 Å². The van der Waals surface area contributed by atoms with E-state index < -0.39 is 25.5 Å². The molecule has 4 heterocycles. The number of hydrogen-bond donors (Lipinski definition) is 2. The summed E-state index contributed by atoms with van der Waals surface area (Å²) in [6.45, 7) is 0.553. The van der Waals surface area contributed by atoms with Gasteiger partial charge < -0.3 is 24.5 Å². The fourth-order valence-corrected chi connectivity index (χ4v) is 5.00. The minimum absolute atomic E-state index is 0.0983. The fraction of sp³-hybridized carbons (Fsp3) is 0.500. The lowest BCUT2D eigenvalue weighted by Gasteiger charge is -2.31. The third kappa shape index (κ3) is 4.02. The zero-order valence-electron chi connectivity index (χ0n) is 16.4. The molecule has 2 saturated heterocycles. The number of oxazole rings is 1. The van der Waals surface area contributed by atoms with Crippen molar-refractivity contribution in [1.82, 2.24) is 15.3 Å². The number of hydrogen-bond acceptors (Lipinski definition) is 8. The van der Waals surface area contributed by atoms with Crippen LogP contribution in [0.5, 0.6) is 0 Å². The number of aromatic nitrogens is 2. The van der Waals surface area contributed by atoms with Crippen LogP contribution in [-0.4, -0.2) is 59.6 Å². The van der Waals surface area contributed by atoms with E-state index in [0.29, 0.717) is 39.8 Å². The van der Waals surface area contributed by atoms with E-state index in [9.17, 15) is 13.2 Å². The minimum atomic E-state index is -4.65. The Morgan fingerprint density at radius 3 is 2.71 bits per heavy atom. The number of alkyl halides is 3. The fourth-order valence-electron chi connectivity index (χ4n) is 4.35. The van der Waals surface area contributed by atoms with Gasteiger partial charge in [-0.1, -0.05) is 0 Å². The molecule has 0 radical (unpaired) electrons. The number of benzene rings is 1. The second-order valence-electron chi connectivity index (χ2n) is 7.81. The van der Waals surface area contributed by atoms with Gasteiger partial charge in [0.1, 0.15) is 10.5 Å². The summed E-state index contributed by atoms with van der Waals surface area (Å²) in [7, 11) is 0. The molecule has 2 aliphatic rings. The SMILES string of the molecule is OCCOC(c1cc(-c2nccs2)c2oc(N3CC4CCC(C3)N4)nc2c1)C(F)(F)F. The molecule has 31 heavy (non-hydrogen) atoms. The van der Waals surface area contributed by atoms with Crippen molar-refractivity contribution >= 4 is 28.5 Å². The zero-order valence-corrected chi connectivity index (χ0v) is 17.2. The molecule has 5 rings (SSSR count). The lowest BCUT2D eigenvalue weighted by atomic mass is 10.0. The van der Waals surface area contributed by atoms with Crippen molar-refractivity contribution in [3.05, 3.63) is 29.3 Å². The maximum absolute atomic E-state index is 13.7. The average molecular weight is 454 g/mol. The van der Waals surface area contributed by atoms with Crippen molar-refractivity contribution in [2.75, 3.05) is 31.2 Å². The maximum Gasteiger partial charge on any atom is 0.418 e. The lowest BCUT2D eigenvalue weighted by molar-refractivity contribution is -0.225. The molecule has 11 heteroatoms. The van der Waals surface area contributed by atoms with Crippen molar-refractivity contribution in [3.63, 3.8) is 0 Å². The summed E-state index contributed by atoms with van der Waals surface area (Å²) in [5, 5.41) is 14.8. The van der Waals surface area contributed by atoms with Gasteiger partial charge in [0.05, 0.1) is 18.8 Å². The van der Waals surface area contributed by atoms with Crippen molar-refractivity contribution < 1.29 is 27.4 Å². The Hall–Kier alpha value is -2.21. The Morgan fingerprint density at radius 1 is 1.29 bits per heavy atom. The monoisotopic (exact) mass is 454 g/mol. The van der Waals surface area contributed by atoms with E-state index in [0.717, 1.165) is 25.9 Å². The first-order valence-electron chi connectivity index (χ1n) is 10.1. The van der Waals surface area contributed by atoms with Crippen molar-refractivity contribution in [2.45, 2.75) is 37.2 Å². The van der Waals surface area contributed by atoms with E-state index in [2.05, 4.69) is 15.3 Å².